The van der Waals surface area contributed by atoms with Crippen molar-refractivity contribution in [1.82, 2.24) is 4.90 Å². The summed E-state index contributed by atoms with van der Waals surface area (Å²) < 4.78 is 0. The van der Waals surface area contributed by atoms with Crippen LogP contribution >= 0.6 is 12.4 Å². The molecule has 2 N–H and O–H groups in total. The van der Waals surface area contributed by atoms with Crippen molar-refractivity contribution in [2.75, 3.05) is 5.73 Å². The number of rotatable bonds is 1. The number of nitrogen functional groups attached to an aromatic ring is 1. The molecule has 0 aliphatic carbocycles. The molecular weight excluding hydrogens is 248 g/mol. The lowest BCUT2D eigenvalue weighted by Crippen LogP contribution is -2.47. The molecule has 1 aliphatic rings. The summed E-state index contributed by atoms with van der Waals surface area (Å²) in [6.45, 7) is 4.25. The smallest absolute Gasteiger partial charge is 0.254 e. The van der Waals surface area contributed by atoms with Crippen LogP contribution in [-0.4, -0.2) is 22.9 Å². The number of hydrogen-bond donors (Lipinski definition) is 1. The highest BCUT2D eigenvalue weighted by Gasteiger charge is 2.29. The molecule has 0 spiro atoms. The van der Waals surface area contributed by atoms with E-state index in [1.165, 1.54) is 6.42 Å². The van der Waals surface area contributed by atoms with E-state index in [4.69, 9.17) is 5.73 Å². The van der Waals surface area contributed by atoms with Gasteiger partial charge in [-0.1, -0.05) is 6.07 Å². The maximum atomic E-state index is 12.4. The van der Waals surface area contributed by atoms with Crippen LogP contribution in [0.5, 0.6) is 0 Å². The number of anilines is 1. The first-order valence-corrected chi connectivity index (χ1v) is 6.28. The molecule has 1 aromatic carbocycles. The Morgan fingerprint density at radius 2 is 1.89 bits per heavy atom. The molecule has 0 bridgehead atoms. The van der Waals surface area contributed by atoms with Gasteiger partial charge in [-0.25, -0.2) is 0 Å². The highest BCUT2D eigenvalue weighted by Crippen LogP contribution is 2.24. The predicted octanol–water partition coefficient (Wildman–Crippen LogP) is 3.09. The molecule has 1 fully saturated rings. The van der Waals surface area contributed by atoms with Gasteiger partial charge in [-0.2, -0.15) is 0 Å². The lowest BCUT2D eigenvalue weighted by atomic mass is 9.96. The average molecular weight is 269 g/mol. The molecule has 0 radical (unpaired) electrons. The minimum Gasteiger partial charge on any atom is -0.399 e. The van der Waals surface area contributed by atoms with Gasteiger partial charge in [0.05, 0.1) is 0 Å². The van der Waals surface area contributed by atoms with Crippen LogP contribution in [0.4, 0.5) is 5.69 Å². The van der Waals surface area contributed by atoms with E-state index in [0.29, 0.717) is 23.3 Å². The first-order chi connectivity index (χ1) is 8.09. The van der Waals surface area contributed by atoms with Gasteiger partial charge in [0.2, 0.25) is 0 Å². The molecule has 2 atom stereocenters. The van der Waals surface area contributed by atoms with E-state index in [2.05, 4.69) is 13.8 Å². The summed E-state index contributed by atoms with van der Waals surface area (Å²) in [6.07, 6.45) is 3.40. The third kappa shape index (κ3) is 2.96. The van der Waals surface area contributed by atoms with E-state index in [1.54, 1.807) is 12.1 Å². The van der Waals surface area contributed by atoms with Crippen LogP contribution in [0.25, 0.3) is 0 Å². The molecule has 2 unspecified atom stereocenters. The van der Waals surface area contributed by atoms with Crippen LogP contribution in [0.2, 0.25) is 0 Å². The zero-order valence-electron chi connectivity index (χ0n) is 10.9. The minimum absolute atomic E-state index is 0. The molecule has 4 heteroatoms. The topological polar surface area (TPSA) is 46.3 Å². The lowest BCUT2D eigenvalue weighted by molar-refractivity contribution is 0.0511. The highest BCUT2D eigenvalue weighted by molar-refractivity contribution is 5.95. The van der Waals surface area contributed by atoms with E-state index in [1.807, 2.05) is 17.0 Å². The van der Waals surface area contributed by atoms with Gasteiger partial charge in [0, 0.05) is 23.3 Å². The van der Waals surface area contributed by atoms with Crippen molar-refractivity contribution in [2.45, 2.75) is 45.2 Å². The number of hydrogen-bond acceptors (Lipinski definition) is 2. The fourth-order valence-electron chi connectivity index (χ4n) is 2.64. The summed E-state index contributed by atoms with van der Waals surface area (Å²) in [5.74, 6) is 0.108. The van der Waals surface area contributed by atoms with E-state index >= 15 is 0 Å². The molecule has 0 saturated carbocycles. The summed E-state index contributed by atoms with van der Waals surface area (Å²) >= 11 is 0. The summed E-state index contributed by atoms with van der Waals surface area (Å²) in [7, 11) is 0. The van der Waals surface area contributed by atoms with Crippen LogP contribution in [-0.2, 0) is 0 Å². The Balaban J connectivity index is 0.00000162. The summed E-state index contributed by atoms with van der Waals surface area (Å²) in [6, 6.07) is 7.89. The molecule has 0 aromatic heterocycles. The molecule has 1 saturated heterocycles. The third-order valence-corrected chi connectivity index (χ3v) is 3.56. The lowest BCUT2D eigenvalue weighted by Gasteiger charge is -2.39. The second-order valence-electron chi connectivity index (χ2n) is 4.97. The quantitative estimate of drug-likeness (QED) is 0.796. The Morgan fingerprint density at radius 3 is 2.44 bits per heavy atom. The first-order valence-electron chi connectivity index (χ1n) is 6.28. The van der Waals surface area contributed by atoms with Crippen molar-refractivity contribution in [3.8, 4) is 0 Å². The van der Waals surface area contributed by atoms with Crippen LogP contribution in [0.1, 0.15) is 43.5 Å². The molecule has 3 nitrogen and oxygen atoms in total. The maximum absolute atomic E-state index is 12.4. The van der Waals surface area contributed by atoms with Gasteiger partial charge in [-0.3, -0.25) is 4.79 Å². The van der Waals surface area contributed by atoms with E-state index in [0.717, 1.165) is 12.8 Å². The average Bonchev–Trinajstić information content (AvgIpc) is 2.28. The summed E-state index contributed by atoms with van der Waals surface area (Å²) in [5, 5.41) is 0. The maximum Gasteiger partial charge on any atom is 0.254 e. The summed E-state index contributed by atoms with van der Waals surface area (Å²) in [5.41, 5.74) is 7.07. The number of halogens is 1. The molecule has 1 aromatic rings. The highest BCUT2D eigenvalue weighted by atomic mass is 35.5. The number of likely N-dealkylation sites (tertiary alicyclic amines) is 1. The van der Waals surface area contributed by atoms with Gasteiger partial charge in [-0.15, -0.1) is 12.4 Å². The number of carbonyl (C=O) groups is 1. The fourth-order valence-corrected chi connectivity index (χ4v) is 2.64. The van der Waals surface area contributed by atoms with E-state index in [-0.39, 0.29) is 18.3 Å². The van der Waals surface area contributed by atoms with Gasteiger partial charge in [0.25, 0.3) is 5.91 Å². The fraction of sp³-hybridized carbons (Fsp3) is 0.500. The van der Waals surface area contributed by atoms with Crippen molar-refractivity contribution >= 4 is 24.0 Å². The molecular formula is C14H21ClN2O. The Hall–Kier alpha value is -1.22. The molecule has 1 heterocycles. The number of carbonyl (C=O) groups excluding carboxylic acids is 1. The van der Waals surface area contributed by atoms with Gasteiger partial charge >= 0.3 is 0 Å². The predicted molar refractivity (Wildman–Crippen MR) is 77.0 cm³/mol. The Morgan fingerprint density at radius 1 is 1.28 bits per heavy atom. The first kappa shape index (κ1) is 14.8. The largest absolute Gasteiger partial charge is 0.399 e. The molecule has 2 rings (SSSR count). The number of piperidine rings is 1. The second-order valence-corrected chi connectivity index (χ2v) is 4.97. The Kier molecular flexibility index (Phi) is 5.03. The van der Waals surface area contributed by atoms with Crippen molar-refractivity contribution in [3.05, 3.63) is 29.8 Å². The molecule has 1 amide bonds. The van der Waals surface area contributed by atoms with Crippen LogP contribution in [0.3, 0.4) is 0 Å². The molecule has 18 heavy (non-hydrogen) atoms. The number of benzene rings is 1. The standard InChI is InChI=1S/C14H20N2O.ClH/c1-10-5-3-6-11(2)16(10)14(17)12-7-4-8-13(15)9-12;/h4,7-11H,3,5-6,15H2,1-2H3;1H. The van der Waals surface area contributed by atoms with Gasteiger partial charge in [0.15, 0.2) is 0 Å². The van der Waals surface area contributed by atoms with Gasteiger partial charge in [-0.05, 0) is 51.3 Å². The van der Waals surface area contributed by atoms with Crippen molar-refractivity contribution in [3.63, 3.8) is 0 Å². The Bertz CT molecular complexity index is 412. The SMILES string of the molecule is CC1CCCC(C)N1C(=O)c1cccc(N)c1.Cl. The summed E-state index contributed by atoms with van der Waals surface area (Å²) in [4.78, 5) is 14.4. The normalized spacial score (nSPS) is 23.3. The number of nitrogens with two attached hydrogens (primary N) is 1. The molecule has 100 valence electrons. The van der Waals surface area contributed by atoms with E-state index < -0.39 is 0 Å². The van der Waals surface area contributed by atoms with Crippen LogP contribution in [0, 0.1) is 0 Å². The zero-order valence-corrected chi connectivity index (χ0v) is 11.7. The number of amides is 1. The van der Waals surface area contributed by atoms with E-state index in [9.17, 15) is 4.79 Å². The zero-order chi connectivity index (χ0) is 12.4. The Labute approximate surface area is 115 Å². The van der Waals surface area contributed by atoms with Crippen molar-refractivity contribution in [1.29, 1.82) is 0 Å². The van der Waals surface area contributed by atoms with Crippen molar-refractivity contribution < 1.29 is 4.79 Å². The minimum atomic E-state index is 0. The van der Waals surface area contributed by atoms with Crippen LogP contribution < -0.4 is 5.73 Å². The third-order valence-electron chi connectivity index (χ3n) is 3.56. The van der Waals surface area contributed by atoms with Crippen molar-refractivity contribution in [2.24, 2.45) is 0 Å². The van der Waals surface area contributed by atoms with Gasteiger partial charge < -0.3 is 10.6 Å². The molecule has 1 aliphatic heterocycles. The van der Waals surface area contributed by atoms with Crippen LogP contribution in [0.15, 0.2) is 24.3 Å². The monoisotopic (exact) mass is 268 g/mol. The second kappa shape index (κ2) is 6.10. The number of nitrogens with zero attached hydrogens (tertiary/aromatic N) is 1. The van der Waals surface area contributed by atoms with Gasteiger partial charge in [0.1, 0.15) is 0 Å².